The zero-order valence-corrected chi connectivity index (χ0v) is 18.7. The number of hydrogen-bond acceptors (Lipinski definition) is 3. The second-order valence-corrected chi connectivity index (χ2v) is 9.38. The van der Waals surface area contributed by atoms with Crippen molar-refractivity contribution in [2.24, 2.45) is 0 Å². The van der Waals surface area contributed by atoms with Gasteiger partial charge in [-0.05, 0) is 36.8 Å². The number of hydrogen-bond donors (Lipinski definition) is 1. The fourth-order valence-electron chi connectivity index (χ4n) is 4.46. The molecule has 3 aromatic carbocycles. The highest BCUT2D eigenvalue weighted by Crippen LogP contribution is 2.54. The number of rotatable bonds is 3. The van der Waals surface area contributed by atoms with Gasteiger partial charge in [0, 0.05) is 35.2 Å². The molecule has 3 aromatic rings. The highest BCUT2D eigenvalue weighted by molar-refractivity contribution is 8.01. The van der Waals surface area contributed by atoms with Crippen LogP contribution < -0.4 is 10.2 Å². The van der Waals surface area contributed by atoms with E-state index < -0.39 is 16.5 Å². The number of carbonyl (C=O) groups is 2. The van der Waals surface area contributed by atoms with Crippen molar-refractivity contribution in [2.45, 2.75) is 18.3 Å². The number of nitrogens with one attached hydrogen (secondary N) is 1. The number of fused-ring (bicyclic) bond motifs is 2. The smallest absolute Gasteiger partial charge is 0.308 e. The first kappa shape index (κ1) is 21.5. The molecule has 3 amide bonds. The van der Waals surface area contributed by atoms with Crippen LogP contribution in [0.2, 0.25) is 0 Å². The highest BCUT2D eigenvalue weighted by Gasteiger charge is 2.59. The van der Waals surface area contributed by atoms with Gasteiger partial charge in [0.05, 0.1) is 12.2 Å². The third-order valence-corrected chi connectivity index (χ3v) is 7.38. The molecule has 1 unspecified atom stereocenters. The van der Waals surface area contributed by atoms with Crippen LogP contribution in [0.25, 0.3) is 0 Å². The zero-order chi connectivity index (χ0) is 23.2. The second-order valence-electron chi connectivity index (χ2n) is 8.09. The maximum atomic E-state index is 14.4. The van der Waals surface area contributed by atoms with E-state index in [1.807, 2.05) is 37.3 Å². The summed E-state index contributed by atoms with van der Waals surface area (Å²) >= 11 is 1.39. The van der Waals surface area contributed by atoms with Gasteiger partial charge in [-0.3, -0.25) is 9.69 Å². The van der Waals surface area contributed by atoms with Crippen molar-refractivity contribution >= 4 is 35.1 Å². The number of thioether (sulfide) groups is 1. The maximum Gasteiger partial charge on any atom is 0.323 e. The van der Waals surface area contributed by atoms with E-state index in [1.165, 1.54) is 28.8 Å². The molecule has 33 heavy (non-hydrogen) atoms. The molecule has 2 heterocycles. The van der Waals surface area contributed by atoms with Crippen molar-refractivity contribution in [1.29, 1.82) is 0 Å². The molecule has 1 atom stereocenters. The minimum Gasteiger partial charge on any atom is -0.308 e. The molecule has 0 bridgehead atoms. The molecule has 0 saturated carbocycles. The monoisotopic (exact) mass is 465 g/mol. The summed E-state index contributed by atoms with van der Waals surface area (Å²) in [6.45, 7) is 2.27. The normalized spacial score (nSPS) is 19.3. The highest BCUT2D eigenvalue weighted by atomic mass is 32.2. The van der Waals surface area contributed by atoms with E-state index in [2.05, 4.69) is 5.32 Å². The minimum atomic E-state index is -1.24. The Hall–Kier alpha value is -3.39. The molecule has 2 aliphatic heterocycles. The van der Waals surface area contributed by atoms with Crippen LogP contribution in [0.15, 0.2) is 66.7 Å². The van der Waals surface area contributed by atoms with Gasteiger partial charge in [-0.25, -0.2) is 13.6 Å². The minimum absolute atomic E-state index is 0.0579. The summed E-state index contributed by atoms with van der Waals surface area (Å²) in [6.07, 6.45) is 0. The summed E-state index contributed by atoms with van der Waals surface area (Å²) in [5.41, 5.74) is 3.17. The van der Waals surface area contributed by atoms with Crippen molar-refractivity contribution in [3.8, 4) is 0 Å². The van der Waals surface area contributed by atoms with Gasteiger partial charge in [-0.2, -0.15) is 0 Å². The third kappa shape index (κ3) is 3.54. The fourth-order valence-corrected chi connectivity index (χ4v) is 5.92. The molecule has 0 radical (unpaired) electrons. The summed E-state index contributed by atoms with van der Waals surface area (Å²) in [5, 5.41) is 2.91. The molecule has 8 heteroatoms. The number of anilines is 2. The lowest BCUT2D eigenvalue weighted by atomic mass is 10.1. The Morgan fingerprint density at radius 3 is 2.70 bits per heavy atom. The average molecular weight is 466 g/mol. The van der Waals surface area contributed by atoms with Crippen LogP contribution in [0.4, 0.5) is 25.0 Å². The molecule has 0 aliphatic carbocycles. The molecule has 5 rings (SSSR count). The Bertz CT molecular complexity index is 1270. The van der Waals surface area contributed by atoms with Crippen LogP contribution in [0.1, 0.15) is 16.7 Å². The SMILES string of the molecule is Cc1cccc(NC(=O)N2CCSC23C(=O)N(Cc2ccc(F)cc2F)c2ccccc23)c1. The van der Waals surface area contributed by atoms with E-state index in [-0.39, 0.29) is 24.0 Å². The number of carbonyl (C=O) groups excluding carboxylic acids is 2. The van der Waals surface area contributed by atoms with Gasteiger partial charge < -0.3 is 10.2 Å². The number of urea groups is 1. The molecule has 1 fully saturated rings. The van der Waals surface area contributed by atoms with E-state index in [0.29, 0.717) is 29.2 Å². The Kier molecular flexibility index (Phi) is 5.32. The molecule has 1 spiro atoms. The van der Waals surface area contributed by atoms with Crippen LogP contribution in [0.5, 0.6) is 0 Å². The van der Waals surface area contributed by atoms with Crippen molar-refractivity contribution in [2.75, 3.05) is 22.5 Å². The first-order valence-electron chi connectivity index (χ1n) is 10.5. The van der Waals surface area contributed by atoms with Crippen molar-refractivity contribution in [3.05, 3.63) is 95.1 Å². The molecule has 1 saturated heterocycles. The van der Waals surface area contributed by atoms with Gasteiger partial charge in [0.2, 0.25) is 0 Å². The Morgan fingerprint density at radius 2 is 1.91 bits per heavy atom. The molecule has 5 nitrogen and oxygen atoms in total. The van der Waals surface area contributed by atoms with Crippen LogP contribution in [-0.2, 0) is 16.2 Å². The van der Waals surface area contributed by atoms with Gasteiger partial charge in [-0.1, -0.05) is 36.4 Å². The molecule has 2 aliphatic rings. The number of amides is 3. The topological polar surface area (TPSA) is 52.7 Å². The lowest BCUT2D eigenvalue weighted by molar-refractivity contribution is -0.123. The first-order chi connectivity index (χ1) is 15.9. The lowest BCUT2D eigenvalue weighted by Crippen LogP contribution is -2.51. The second kappa shape index (κ2) is 8.19. The van der Waals surface area contributed by atoms with Gasteiger partial charge in [0.1, 0.15) is 11.6 Å². The Balaban J connectivity index is 1.51. The Morgan fingerprint density at radius 1 is 1.09 bits per heavy atom. The first-order valence-corrected chi connectivity index (χ1v) is 11.5. The van der Waals surface area contributed by atoms with Crippen molar-refractivity contribution in [1.82, 2.24) is 4.90 Å². The number of halogens is 2. The Labute approximate surface area is 194 Å². The van der Waals surface area contributed by atoms with E-state index in [9.17, 15) is 18.4 Å². The average Bonchev–Trinajstić information content (AvgIpc) is 3.33. The molecule has 168 valence electrons. The summed E-state index contributed by atoms with van der Waals surface area (Å²) in [4.78, 5) is 29.0. The predicted molar refractivity (Wildman–Crippen MR) is 125 cm³/mol. The van der Waals surface area contributed by atoms with Crippen molar-refractivity contribution in [3.63, 3.8) is 0 Å². The van der Waals surface area contributed by atoms with E-state index in [4.69, 9.17) is 0 Å². The van der Waals surface area contributed by atoms with Crippen LogP contribution in [-0.4, -0.2) is 29.1 Å². The van der Waals surface area contributed by atoms with E-state index in [0.717, 1.165) is 11.6 Å². The quantitative estimate of drug-likeness (QED) is 0.575. The zero-order valence-electron chi connectivity index (χ0n) is 17.8. The number of nitrogens with zero attached hydrogens (tertiary/aromatic N) is 2. The predicted octanol–water partition coefficient (Wildman–Crippen LogP) is 5.25. The molecular formula is C25H21F2N3O2S. The standard InChI is InChI=1S/C25H21F2N3O2S/c1-16-5-4-6-19(13-16)28-24(32)30-11-12-33-25(30)20-7-2-3-8-22(20)29(23(25)31)15-17-9-10-18(26)14-21(17)27/h2-10,13-14H,11-12,15H2,1H3,(H,28,32). The summed E-state index contributed by atoms with van der Waals surface area (Å²) in [5.74, 6) is -1.12. The van der Waals surface area contributed by atoms with E-state index >= 15 is 0 Å². The summed E-state index contributed by atoms with van der Waals surface area (Å²) in [7, 11) is 0. The number of aryl methyl sites for hydroxylation is 1. The third-order valence-electron chi connectivity index (χ3n) is 5.96. The van der Waals surface area contributed by atoms with Crippen LogP contribution in [0, 0.1) is 18.6 Å². The van der Waals surface area contributed by atoms with Crippen LogP contribution >= 0.6 is 11.8 Å². The molecule has 1 N–H and O–H groups in total. The summed E-state index contributed by atoms with van der Waals surface area (Å²) in [6, 6.07) is 17.7. The van der Waals surface area contributed by atoms with Crippen LogP contribution in [0.3, 0.4) is 0 Å². The van der Waals surface area contributed by atoms with E-state index in [1.54, 1.807) is 23.1 Å². The molecular weight excluding hydrogens is 444 g/mol. The fraction of sp³-hybridized carbons (Fsp3) is 0.200. The van der Waals surface area contributed by atoms with Gasteiger partial charge in [0.15, 0.2) is 4.87 Å². The summed E-state index contributed by atoms with van der Waals surface area (Å²) < 4.78 is 27.8. The largest absolute Gasteiger partial charge is 0.323 e. The van der Waals surface area contributed by atoms with Crippen molar-refractivity contribution < 1.29 is 18.4 Å². The van der Waals surface area contributed by atoms with Gasteiger partial charge in [-0.15, -0.1) is 11.8 Å². The lowest BCUT2D eigenvalue weighted by Gasteiger charge is -2.33. The van der Waals surface area contributed by atoms with Gasteiger partial charge in [0.25, 0.3) is 5.91 Å². The maximum absolute atomic E-state index is 14.4. The van der Waals surface area contributed by atoms with Gasteiger partial charge >= 0.3 is 6.03 Å². The number of benzene rings is 3. The molecule has 0 aromatic heterocycles. The number of para-hydroxylation sites is 1.